The molecule has 1 fully saturated rings. The van der Waals surface area contributed by atoms with Crippen LogP contribution >= 0.6 is 11.6 Å². The maximum Gasteiger partial charge on any atom is 0.271 e. The van der Waals surface area contributed by atoms with E-state index < -0.39 is 0 Å². The summed E-state index contributed by atoms with van der Waals surface area (Å²) in [5, 5.41) is 8.11. The summed E-state index contributed by atoms with van der Waals surface area (Å²) in [4.78, 5) is 27.3. The zero-order valence-electron chi connectivity index (χ0n) is 17.8. The van der Waals surface area contributed by atoms with Gasteiger partial charge in [0, 0.05) is 36.3 Å². The van der Waals surface area contributed by atoms with Gasteiger partial charge in [0.25, 0.3) is 5.56 Å². The Bertz CT molecular complexity index is 1160. The summed E-state index contributed by atoms with van der Waals surface area (Å²) < 4.78 is 6.70. The Morgan fingerprint density at radius 1 is 1.19 bits per heavy atom. The Hall–Kier alpha value is -3.32. The topological polar surface area (TPSA) is 76.5 Å². The second-order valence-corrected chi connectivity index (χ2v) is 8.17. The Morgan fingerprint density at radius 2 is 2.03 bits per heavy atom. The van der Waals surface area contributed by atoms with Crippen molar-refractivity contribution in [3.8, 4) is 11.4 Å². The van der Waals surface area contributed by atoms with E-state index in [0.29, 0.717) is 29.6 Å². The van der Waals surface area contributed by atoms with E-state index in [4.69, 9.17) is 16.3 Å². The van der Waals surface area contributed by atoms with Gasteiger partial charge in [-0.2, -0.15) is 4.68 Å². The fourth-order valence-electron chi connectivity index (χ4n) is 3.94. The van der Waals surface area contributed by atoms with Gasteiger partial charge >= 0.3 is 0 Å². The molecule has 166 valence electrons. The van der Waals surface area contributed by atoms with Crippen molar-refractivity contribution in [1.29, 1.82) is 0 Å². The largest absolute Gasteiger partial charge is 0.496 e. The number of methoxy groups -OCH3 is 1. The van der Waals surface area contributed by atoms with Crippen LogP contribution in [0.5, 0.6) is 5.75 Å². The van der Waals surface area contributed by atoms with E-state index in [1.54, 1.807) is 37.4 Å². The van der Waals surface area contributed by atoms with Crippen LogP contribution in [0.3, 0.4) is 0 Å². The summed E-state index contributed by atoms with van der Waals surface area (Å²) in [6.45, 7) is 1.73. The number of hydrogen-bond donors (Lipinski definition) is 1. The molecule has 32 heavy (non-hydrogen) atoms. The monoisotopic (exact) mass is 452 g/mol. The van der Waals surface area contributed by atoms with Crippen LogP contribution in [0.4, 0.5) is 5.82 Å². The maximum atomic E-state index is 12.9. The van der Waals surface area contributed by atoms with Gasteiger partial charge in [0.05, 0.1) is 18.7 Å². The minimum absolute atomic E-state index is 0.00349. The zero-order chi connectivity index (χ0) is 22.5. The zero-order valence-corrected chi connectivity index (χ0v) is 18.6. The number of carbonyl (C=O) groups excluding carboxylic acids is 1. The fraction of sp³-hybridized carbons (Fsp3) is 0.292. The molecule has 1 aliphatic rings. The molecule has 1 unspecified atom stereocenters. The van der Waals surface area contributed by atoms with Gasteiger partial charge in [-0.3, -0.25) is 9.59 Å². The summed E-state index contributed by atoms with van der Waals surface area (Å²) >= 11 is 6.08. The summed E-state index contributed by atoms with van der Waals surface area (Å²) in [6.07, 6.45) is 1.67. The molecular formula is C24H25ClN4O3. The molecule has 8 heteroatoms. The summed E-state index contributed by atoms with van der Waals surface area (Å²) in [7, 11) is 1.62. The number of anilines is 1. The number of benzene rings is 2. The highest BCUT2D eigenvalue weighted by molar-refractivity contribution is 6.30. The lowest BCUT2D eigenvalue weighted by Crippen LogP contribution is -2.43. The quantitative estimate of drug-likeness (QED) is 0.620. The van der Waals surface area contributed by atoms with Crippen LogP contribution in [-0.2, 0) is 11.3 Å². The molecular weight excluding hydrogens is 428 g/mol. The number of rotatable bonds is 6. The smallest absolute Gasteiger partial charge is 0.271 e. The fourth-order valence-corrected chi connectivity index (χ4v) is 4.12. The molecule has 1 amide bonds. The van der Waals surface area contributed by atoms with Crippen molar-refractivity contribution in [3.05, 3.63) is 81.6 Å². The Labute approximate surface area is 191 Å². The number of halogens is 1. The highest BCUT2D eigenvalue weighted by Crippen LogP contribution is 2.23. The lowest BCUT2D eigenvalue weighted by atomic mass is 9.97. The Morgan fingerprint density at radius 3 is 2.84 bits per heavy atom. The molecule has 4 rings (SSSR count). The molecule has 0 radical (unpaired) electrons. The van der Waals surface area contributed by atoms with E-state index in [2.05, 4.69) is 15.3 Å². The molecule has 0 aliphatic carbocycles. The van der Waals surface area contributed by atoms with Crippen molar-refractivity contribution in [3.63, 3.8) is 0 Å². The number of nitrogens with zero attached hydrogens (tertiary/aromatic N) is 3. The third kappa shape index (κ3) is 4.94. The molecule has 1 saturated heterocycles. The third-order valence-corrected chi connectivity index (χ3v) is 5.84. The lowest BCUT2D eigenvalue weighted by Gasteiger charge is -2.33. The molecule has 1 aromatic heterocycles. The Balaban J connectivity index is 1.46. The average Bonchev–Trinajstić information content (AvgIpc) is 2.83. The van der Waals surface area contributed by atoms with Crippen LogP contribution in [0.1, 0.15) is 18.4 Å². The van der Waals surface area contributed by atoms with Crippen LogP contribution in [0.25, 0.3) is 5.69 Å². The van der Waals surface area contributed by atoms with Gasteiger partial charge in [0.2, 0.25) is 5.91 Å². The molecule has 0 bridgehead atoms. The van der Waals surface area contributed by atoms with Gasteiger partial charge in [-0.05, 0) is 43.2 Å². The Kier molecular flexibility index (Phi) is 6.75. The van der Waals surface area contributed by atoms with Gasteiger partial charge in [-0.1, -0.05) is 35.9 Å². The number of hydrogen-bond acceptors (Lipinski definition) is 5. The second kappa shape index (κ2) is 9.87. The standard InChI is InChI=1S/C24H25ClN4O3/c1-32-21-10-3-2-6-17(21)15-26-24(31)18-7-5-13-28(16-18)22-11-12-23(30)29(27-22)20-9-4-8-19(25)14-20/h2-4,6,8-12,14,18H,5,7,13,15-16H2,1H3,(H,26,31). The number of amides is 1. The van der Waals surface area contributed by atoms with Crippen LogP contribution in [0.15, 0.2) is 65.5 Å². The summed E-state index contributed by atoms with van der Waals surface area (Å²) in [6, 6.07) is 17.9. The molecule has 1 N–H and O–H groups in total. The van der Waals surface area contributed by atoms with Crippen molar-refractivity contribution >= 4 is 23.3 Å². The number of ether oxygens (including phenoxy) is 1. The molecule has 2 heterocycles. The van der Waals surface area contributed by atoms with Gasteiger partial charge < -0.3 is 15.0 Å². The number of carbonyl (C=O) groups is 1. The number of aromatic nitrogens is 2. The first-order chi connectivity index (χ1) is 15.5. The minimum Gasteiger partial charge on any atom is -0.496 e. The second-order valence-electron chi connectivity index (χ2n) is 7.74. The molecule has 0 saturated carbocycles. The van der Waals surface area contributed by atoms with Crippen LogP contribution in [0, 0.1) is 5.92 Å². The predicted molar refractivity (Wildman–Crippen MR) is 125 cm³/mol. The van der Waals surface area contributed by atoms with Gasteiger partial charge in [0.1, 0.15) is 11.6 Å². The first-order valence-electron chi connectivity index (χ1n) is 10.6. The molecule has 3 aromatic rings. The van der Waals surface area contributed by atoms with Crippen LogP contribution in [-0.4, -0.2) is 35.9 Å². The normalized spacial score (nSPS) is 15.9. The van der Waals surface area contributed by atoms with E-state index in [1.807, 2.05) is 24.3 Å². The molecule has 2 aromatic carbocycles. The number of para-hydroxylation sites is 1. The van der Waals surface area contributed by atoms with E-state index in [1.165, 1.54) is 10.7 Å². The first-order valence-corrected chi connectivity index (χ1v) is 10.9. The van der Waals surface area contributed by atoms with Gasteiger partial charge in [0.15, 0.2) is 0 Å². The van der Waals surface area contributed by atoms with Gasteiger partial charge in [-0.25, -0.2) is 0 Å². The van der Waals surface area contributed by atoms with Crippen molar-refractivity contribution in [2.45, 2.75) is 19.4 Å². The first kappa shape index (κ1) is 21.9. The van der Waals surface area contributed by atoms with E-state index >= 15 is 0 Å². The van der Waals surface area contributed by atoms with Gasteiger partial charge in [-0.15, -0.1) is 5.10 Å². The van der Waals surface area contributed by atoms with Crippen LogP contribution < -0.4 is 20.5 Å². The van der Waals surface area contributed by atoms with Crippen molar-refractivity contribution in [2.75, 3.05) is 25.1 Å². The SMILES string of the molecule is COc1ccccc1CNC(=O)C1CCCN(c2ccc(=O)n(-c3cccc(Cl)c3)n2)C1. The molecule has 7 nitrogen and oxygen atoms in total. The average molecular weight is 453 g/mol. The molecule has 1 aliphatic heterocycles. The summed E-state index contributed by atoms with van der Waals surface area (Å²) in [5.74, 6) is 1.26. The third-order valence-electron chi connectivity index (χ3n) is 5.60. The van der Waals surface area contributed by atoms with Crippen molar-refractivity contribution in [2.24, 2.45) is 5.92 Å². The predicted octanol–water partition coefficient (Wildman–Crippen LogP) is 3.43. The van der Waals surface area contributed by atoms with E-state index in [-0.39, 0.29) is 17.4 Å². The van der Waals surface area contributed by atoms with E-state index in [9.17, 15) is 9.59 Å². The van der Waals surface area contributed by atoms with Crippen molar-refractivity contribution < 1.29 is 9.53 Å². The number of nitrogens with one attached hydrogen (secondary N) is 1. The molecule has 0 spiro atoms. The molecule has 1 atom stereocenters. The highest BCUT2D eigenvalue weighted by Gasteiger charge is 2.27. The lowest BCUT2D eigenvalue weighted by molar-refractivity contribution is -0.125. The van der Waals surface area contributed by atoms with E-state index in [0.717, 1.165) is 30.7 Å². The minimum atomic E-state index is -0.237. The maximum absolute atomic E-state index is 12.9. The summed E-state index contributed by atoms with van der Waals surface area (Å²) in [5.41, 5.74) is 1.30. The number of piperidine rings is 1. The van der Waals surface area contributed by atoms with Crippen LogP contribution in [0.2, 0.25) is 5.02 Å². The van der Waals surface area contributed by atoms with Crippen molar-refractivity contribution in [1.82, 2.24) is 15.1 Å². The highest BCUT2D eigenvalue weighted by atomic mass is 35.5.